The van der Waals surface area contributed by atoms with Gasteiger partial charge in [-0.1, -0.05) is 29.3 Å². The van der Waals surface area contributed by atoms with Crippen LogP contribution in [0.2, 0.25) is 10.0 Å². The predicted octanol–water partition coefficient (Wildman–Crippen LogP) is 4.75. The molecule has 2 heterocycles. The molecule has 1 N–H and O–H groups in total. The highest BCUT2D eigenvalue weighted by atomic mass is 35.5. The highest BCUT2D eigenvalue weighted by Crippen LogP contribution is 2.30. The molecule has 0 spiro atoms. The molecule has 0 fully saturated rings. The molecule has 0 saturated carbocycles. The number of halogens is 2. The molecule has 0 radical (unpaired) electrons. The molecule has 1 aromatic carbocycles. The van der Waals surface area contributed by atoms with Crippen molar-refractivity contribution < 1.29 is 0 Å². The molecule has 0 saturated heterocycles. The molecule has 3 rings (SSSR count). The van der Waals surface area contributed by atoms with Crippen molar-refractivity contribution in [2.45, 2.75) is 6.92 Å². The lowest BCUT2D eigenvalue weighted by molar-refractivity contribution is 1.24. The van der Waals surface area contributed by atoms with Crippen LogP contribution in [-0.4, -0.2) is 15.0 Å². The third-order valence-electron chi connectivity index (χ3n) is 3.03. The van der Waals surface area contributed by atoms with E-state index >= 15 is 0 Å². The lowest BCUT2D eigenvalue weighted by atomic mass is 10.1. The van der Waals surface area contributed by atoms with E-state index in [1.54, 1.807) is 18.5 Å². The van der Waals surface area contributed by atoms with E-state index in [1.807, 2.05) is 31.2 Å². The summed E-state index contributed by atoms with van der Waals surface area (Å²) in [4.78, 5) is 11.9. The normalized spacial score (nSPS) is 10.8. The van der Waals surface area contributed by atoms with Crippen LogP contribution in [0.15, 0.2) is 42.7 Å². The van der Waals surface area contributed by atoms with Crippen LogP contribution in [-0.2, 0) is 0 Å². The Hall–Kier alpha value is -1.84. The number of aryl methyl sites for hydroxylation is 1. The van der Waals surface area contributed by atoms with Gasteiger partial charge in [-0.15, -0.1) is 0 Å². The van der Waals surface area contributed by atoms with Crippen LogP contribution < -0.4 is 0 Å². The van der Waals surface area contributed by atoms with Gasteiger partial charge in [0, 0.05) is 29.2 Å². The van der Waals surface area contributed by atoms with Crippen molar-refractivity contribution in [1.29, 1.82) is 0 Å². The van der Waals surface area contributed by atoms with E-state index in [9.17, 15) is 0 Å². The standard InChI is InChI=1S/C15H11Cl2N3/c1-9-14(11-2-3-12(16)13(17)8-11)20-15(19-9)10-4-6-18-7-5-10/h2-8H,1H3,(H,19,20). The van der Waals surface area contributed by atoms with Crippen LogP contribution in [0.3, 0.4) is 0 Å². The molecule has 0 aliphatic carbocycles. The first-order valence-electron chi connectivity index (χ1n) is 6.07. The number of rotatable bonds is 2. The van der Waals surface area contributed by atoms with Crippen molar-refractivity contribution in [1.82, 2.24) is 15.0 Å². The van der Waals surface area contributed by atoms with E-state index in [2.05, 4.69) is 15.0 Å². The first-order valence-corrected chi connectivity index (χ1v) is 6.83. The maximum Gasteiger partial charge on any atom is 0.138 e. The molecule has 0 atom stereocenters. The molecule has 2 aromatic heterocycles. The zero-order valence-electron chi connectivity index (χ0n) is 10.7. The van der Waals surface area contributed by atoms with Gasteiger partial charge in [-0.25, -0.2) is 4.98 Å². The largest absolute Gasteiger partial charge is 0.342 e. The molecule has 0 bridgehead atoms. The van der Waals surface area contributed by atoms with Gasteiger partial charge in [0.05, 0.1) is 15.7 Å². The van der Waals surface area contributed by atoms with Crippen LogP contribution in [0.1, 0.15) is 5.69 Å². The average molecular weight is 304 g/mol. The number of imidazole rings is 1. The van der Waals surface area contributed by atoms with Gasteiger partial charge in [-0.05, 0) is 31.2 Å². The Balaban J connectivity index is 2.07. The number of aromatic amines is 1. The summed E-state index contributed by atoms with van der Waals surface area (Å²) in [5, 5.41) is 1.06. The summed E-state index contributed by atoms with van der Waals surface area (Å²) in [5.41, 5.74) is 3.79. The van der Waals surface area contributed by atoms with Crippen molar-refractivity contribution >= 4 is 23.2 Å². The van der Waals surface area contributed by atoms with E-state index < -0.39 is 0 Å². The highest BCUT2D eigenvalue weighted by Gasteiger charge is 2.11. The van der Waals surface area contributed by atoms with Gasteiger partial charge in [-0.2, -0.15) is 0 Å². The smallest absolute Gasteiger partial charge is 0.138 e. The number of pyridine rings is 1. The van der Waals surface area contributed by atoms with Gasteiger partial charge < -0.3 is 4.98 Å². The Morgan fingerprint density at radius 3 is 2.40 bits per heavy atom. The summed E-state index contributed by atoms with van der Waals surface area (Å²) in [6.07, 6.45) is 3.48. The summed E-state index contributed by atoms with van der Waals surface area (Å²) in [6, 6.07) is 9.34. The monoisotopic (exact) mass is 303 g/mol. The van der Waals surface area contributed by atoms with Crippen LogP contribution in [0.25, 0.3) is 22.6 Å². The minimum absolute atomic E-state index is 0.525. The highest BCUT2D eigenvalue weighted by molar-refractivity contribution is 6.42. The maximum absolute atomic E-state index is 6.06. The number of hydrogen-bond donors (Lipinski definition) is 1. The molecule has 0 amide bonds. The summed E-state index contributed by atoms with van der Waals surface area (Å²) >= 11 is 12.0. The minimum Gasteiger partial charge on any atom is -0.342 e. The molecule has 3 nitrogen and oxygen atoms in total. The molecular formula is C15H11Cl2N3. The van der Waals surface area contributed by atoms with Crippen molar-refractivity contribution in [2.24, 2.45) is 0 Å². The topological polar surface area (TPSA) is 41.6 Å². The zero-order valence-corrected chi connectivity index (χ0v) is 12.2. The van der Waals surface area contributed by atoms with Crippen molar-refractivity contribution in [2.75, 3.05) is 0 Å². The summed E-state index contributed by atoms with van der Waals surface area (Å²) in [6.45, 7) is 1.98. The van der Waals surface area contributed by atoms with E-state index in [-0.39, 0.29) is 0 Å². The minimum atomic E-state index is 0.525. The quantitative estimate of drug-likeness (QED) is 0.742. The molecule has 20 heavy (non-hydrogen) atoms. The third-order valence-corrected chi connectivity index (χ3v) is 3.77. The summed E-state index contributed by atoms with van der Waals surface area (Å²) < 4.78 is 0. The zero-order chi connectivity index (χ0) is 14.1. The molecular weight excluding hydrogens is 293 g/mol. The maximum atomic E-state index is 6.06. The Bertz CT molecular complexity index is 751. The van der Waals surface area contributed by atoms with E-state index in [4.69, 9.17) is 23.2 Å². The Kier molecular flexibility index (Phi) is 3.47. The third kappa shape index (κ3) is 2.42. The second kappa shape index (κ2) is 5.27. The van der Waals surface area contributed by atoms with Gasteiger partial charge in [0.1, 0.15) is 5.82 Å². The summed E-state index contributed by atoms with van der Waals surface area (Å²) in [7, 11) is 0. The van der Waals surface area contributed by atoms with Crippen molar-refractivity contribution in [3.8, 4) is 22.6 Å². The van der Waals surface area contributed by atoms with E-state index in [1.165, 1.54) is 0 Å². The SMILES string of the molecule is Cc1[nH]c(-c2ccncc2)nc1-c1ccc(Cl)c(Cl)c1. The van der Waals surface area contributed by atoms with Gasteiger partial charge in [0.2, 0.25) is 0 Å². The second-order valence-electron chi connectivity index (χ2n) is 4.42. The Labute approximate surface area is 126 Å². The van der Waals surface area contributed by atoms with Crippen LogP contribution >= 0.6 is 23.2 Å². The van der Waals surface area contributed by atoms with Gasteiger partial charge in [0.15, 0.2) is 0 Å². The number of aromatic nitrogens is 3. The molecule has 100 valence electrons. The van der Waals surface area contributed by atoms with Crippen LogP contribution in [0, 0.1) is 6.92 Å². The fourth-order valence-corrected chi connectivity index (χ4v) is 2.33. The second-order valence-corrected chi connectivity index (χ2v) is 5.24. The van der Waals surface area contributed by atoms with Crippen LogP contribution in [0.4, 0.5) is 0 Å². The predicted molar refractivity (Wildman–Crippen MR) is 82.0 cm³/mol. The fraction of sp³-hybridized carbons (Fsp3) is 0.0667. The summed E-state index contributed by atoms with van der Waals surface area (Å²) in [5.74, 6) is 0.811. The van der Waals surface area contributed by atoms with Gasteiger partial charge in [-0.3, -0.25) is 4.98 Å². The van der Waals surface area contributed by atoms with Gasteiger partial charge >= 0.3 is 0 Å². The van der Waals surface area contributed by atoms with E-state index in [0.29, 0.717) is 10.0 Å². The van der Waals surface area contributed by atoms with Gasteiger partial charge in [0.25, 0.3) is 0 Å². The first kappa shape index (κ1) is 13.2. The molecule has 0 unspecified atom stereocenters. The average Bonchev–Trinajstić information content (AvgIpc) is 2.85. The lowest BCUT2D eigenvalue weighted by Gasteiger charge is -2.01. The van der Waals surface area contributed by atoms with Crippen LogP contribution in [0.5, 0.6) is 0 Å². The number of nitrogens with one attached hydrogen (secondary N) is 1. The first-order chi connectivity index (χ1) is 9.65. The Morgan fingerprint density at radius 2 is 1.70 bits per heavy atom. The number of hydrogen-bond acceptors (Lipinski definition) is 2. The van der Waals surface area contributed by atoms with E-state index in [0.717, 1.165) is 28.3 Å². The molecule has 3 aromatic rings. The molecule has 5 heteroatoms. The Morgan fingerprint density at radius 1 is 0.950 bits per heavy atom. The lowest BCUT2D eigenvalue weighted by Crippen LogP contribution is -1.82. The van der Waals surface area contributed by atoms with Crippen molar-refractivity contribution in [3.05, 3.63) is 58.5 Å². The number of nitrogens with zero attached hydrogens (tertiary/aromatic N) is 2. The molecule has 0 aliphatic heterocycles. The number of benzene rings is 1. The van der Waals surface area contributed by atoms with Crippen molar-refractivity contribution in [3.63, 3.8) is 0 Å². The fourth-order valence-electron chi connectivity index (χ4n) is 2.03. The molecule has 0 aliphatic rings. The number of H-pyrrole nitrogens is 1.